The Balaban J connectivity index is 1.85. The van der Waals surface area contributed by atoms with Crippen LogP contribution < -0.4 is 0 Å². The SMILES string of the molecule is CC1(C)[C@H]2CC[C@@H](C2)[C@@]1(C)N=C1O[C@@H](CCl)CS1. The number of alkyl halides is 1. The predicted molar refractivity (Wildman–Crippen MR) is 78.5 cm³/mol. The summed E-state index contributed by atoms with van der Waals surface area (Å²) in [6, 6.07) is 0. The van der Waals surface area contributed by atoms with Crippen molar-refractivity contribution in [1.82, 2.24) is 0 Å². The lowest BCUT2D eigenvalue weighted by atomic mass is 9.64. The second-order valence-corrected chi connectivity index (χ2v) is 7.94. The van der Waals surface area contributed by atoms with E-state index in [9.17, 15) is 0 Å². The maximum atomic E-state index is 5.85. The molecule has 0 aromatic carbocycles. The fourth-order valence-corrected chi connectivity index (χ4v) is 5.30. The molecule has 2 aliphatic carbocycles. The maximum Gasteiger partial charge on any atom is 0.246 e. The molecule has 4 atom stereocenters. The van der Waals surface area contributed by atoms with Gasteiger partial charge in [-0.25, -0.2) is 4.99 Å². The molecule has 2 nitrogen and oxygen atoms in total. The Morgan fingerprint density at radius 3 is 2.61 bits per heavy atom. The molecule has 1 aliphatic heterocycles. The van der Waals surface area contributed by atoms with Crippen molar-refractivity contribution in [2.75, 3.05) is 11.6 Å². The van der Waals surface area contributed by atoms with Gasteiger partial charge in [0.05, 0.1) is 11.4 Å². The highest BCUT2D eigenvalue weighted by Crippen LogP contribution is 2.63. The van der Waals surface area contributed by atoms with Crippen LogP contribution in [0, 0.1) is 17.3 Å². The standard InChI is InChI=1S/C14H22ClNOS/c1-13(2)9-4-5-10(6-9)14(13,3)16-12-17-11(7-15)8-18-12/h9-11H,4-8H2,1-3H3/t9-,10-,11-,14+/m0/s1. The van der Waals surface area contributed by atoms with Crippen molar-refractivity contribution in [2.24, 2.45) is 22.2 Å². The van der Waals surface area contributed by atoms with Crippen molar-refractivity contribution >= 4 is 28.6 Å². The number of nitrogens with zero attached hydrogens (tertiary/aromatic N) is 1. The molecule has 0 amide bonds. The lowest BCUT2D eigenvalue weighted by Crippen LogP contribution is -2.45. The molecule has 0 unspecified atom stereocenters. The average molecular weight is 288 g/mol. The van der Waals surface area contributed by atoms with Crippen LogP contribution in [-0.2, 0) is 4.74 Å². The summed E-state index contributed by atoms with van der Waals surface area (Å²) in [6.45, 7) is 7.11. The first-order valence-corrected chi connectivity index (χ1v) is 8.44. The lowest BCUT2D eigenvalue weighted by molar-refractivity contribution is 0.100. The van der Waals surface area contributed by atoms with Crippen LogP contribution in [0.3, 0.4) is 0 Å². The molecule has 0 N–H and O–H groups in total. The summed E-state index contributed by atoms with van der Waals surface area (Å²) in [6.07, 6.45) is 4.23. The first kappa shape index (κ1) is 13.1. The van der Waals surface area contributed by atoms with Gasteiger partial charge < -0.3 is 4.74 Å². The Kier molecular flexibility index (Phi) is 3.14. The van der Waals surface area contributed by atoms with Gasteiger partial charge in [0.15, 0.2) is 0 Å². The fourth-order valence-electron chi connectivity index (χ4n) is 4.02. The van der Waals surface area contributed by atoms with Gasteiger partial charge in [0.2, 0.25) is 5.23 Å². The number of aliphatic imine (C=N–C) groups is 1. The molecule has 3 rings (SSSR count). The van der Waals surface area contributed by atoms with E-state index in [4.69, 9.17) is 21.3 Å². The number of ether oxygens (including phenoxy) is 1. The minimum Gasteiger partial charge on any atom is -0.468 e. The predicted octanol–water partition coefficient (Wildman–Crippen LogP) is 3.93. The van der Waals surface area contributed by atoms with Crippen LogP contribution in [0.1, 0.15) is 40.0 Å². The van der Waals surface area contributed by atoms with Crippen molar-refractivity contribution in [1.29, 1.82) is 0 Å². The smallest absolute Gasteiger partial charge is 0.246 e. The van der Waals surface area contributed by atoms with Crippen molar-refractivity contribution < 1.29 is 4.74 Å². The number of fused-ring (bicyclic) bond motifs is 2. The number of rotatable bonds is 2. The van der Waals surface area contributed by atoms with Gasteiger partial charge >= 0.3 is 0 Å². The molecule has 0 radical (unpaired) electrons. The van der Waals surface area contributed by atoms with E-state index in [0.717, 1.165) is 22.8 Å². The highest BCUT2D eigenvalue weighted by molar-refractivity contribution is 8.13. The molecule has 0 aromatic rings. The molecule has 3 fully saturated rings. The van der Waals surface area contributed by atoms with Gasteiger partial charge in [-0.2, -0.15) is 0 Å². The second-order valence-electron chi connectivity index (χ2n) is 6.66. The van der Waals surface area contributed by atoms with Gasteiger partial charge in [-0.1, -0.05) is 25.6 Å². The van der Waals surface area contributed by atoms with Crippen LogP contribution in [0.25, 0.3) is 0 Å². The van der Waals surface area contributed by atoms with Crippen LogP contribution in [0.5, 0.6) is 0 Å². The number of hydrogen-bond acceptors (Lipinski definition) is 3. The molecule has 4 heteroatoms. The van der Waals surface area contributed by atoms with E-state index in [2.05, 4.69) is 20.8 Å². The molecule has 18 heavy (non-hydrogen) atoms. The van der Waals surface area contributed by atoms with E-state index in [1.807, 2.05) is 0 Å². The molecule has 3 aliphatic rings. The van der Waals surface area contributed by atoms with Gasteiger partial charge in [0, 0.05) is 5.75 Å². The second kappa shape index (κ2) is 4.31. The number of hydrogen-bond donors (Lipinski definition) is 0. The zero-order valence-electron chi connectivity index (χ0n) is 11.4. The number of halogens is 1. The van der Waals surface area contributed by atoms with Crippen molar-refractivity contribution in [3.05, 3.63) is 0 Å². The Labute approximate surface area is 119 Å². The summed E-state index contributed by atoms with van der Waals surface area (Å²) in [5.41, 5.74) is 0.353. The van der Waals surface area contributed by atoms with E-state index in [1.165, 1.54) is 19.3 Å². The Morgan fingerprint density at radius 1 is 1.33 bits per heavy atom. The summed E-state index contributed by atoms with van der Waals surface area (Å²) < 4.78 is 5.82. The minimum absolute atomic E-state index is 0.0550. The normalized spacial score (nSPS) is 47.8. The highest BCUT2D eigenvalue weighted by atomic mass is 35.5. The Hall–Kier alpha value is 0.110. The van der Waals surface area contributed by atoms with E-state index >= 15 is 0 Å². The first-order valence-electron chi connectivity index (χ1n) is 6.92. The average Bonchev–Trinajstić information content (AvgIpc) is 2.99. The van der Waals surface area contributed by atoms with Gasteiger partial charge in [-0.05, 0) is 43.4 Å². The molecule has 1 saturated heterocycles. The first-order chi connectivity index (χ1) is 8.47. The Morgan fingerprint density at radius 2 is 2.06 bits per heavy atom. The van der Waals surface area contributed by atoms with Crippen LogP contribution >= 0.6 is 23.4 Å². The highest BCUT2D eigenvalue weighted by Gasteiger charge is 2.60. The van der Waals surface area contributed by atoms with Gasteiger partial charge in [-0.3, -0.25) is 0 Å². The third-order valence-electron chi connectivity index (χ3n) is 5.71. The molecule has 0 spiro atoms. The van der Waals surface area contributed by atoms with Crippen LogP contribution in [0.4, 0.5) is 0 Å². The van der Waals surface area contributed by atoms with Crippen molar-refractivity contribution in [3.8, 4) is 0 Å². The number of thioether (sulfide) groups is 1. The minimum atomic E-state index is 0.0550. The molecule has 2 bridgehead atoms. The topological polar surface area (TPSA) is 21.6 Å². The van der Waals surface area contributed by atoms with Gasteiger partial charge in [0.25, 0.3) is 0 Å². The summed E-state index contributed by atoms with van der Waals surface area (Å²) in [4.78, 5) is 5.04. The largest absolute Gasteiger partial charge is 0.468 e. The summed E-state index contributed by atoms with van der Waals surface area (Å²) in [7, 11) is 0. The van der Waals surface area contributed by atoms with E-state index < -0.39 is 0 Å². The third-order valence-corrected chi connectivity index (χ3v) is 7.03. The van der Waals surface area contributed by atoms with E-state index in [1.54, 1.807) is 11.8 Å². The Bertz CT molecular complexity index is 384. The third kappa shape index (κ3) is 1.73. The maximum absolute atomic E-state index is 5.85. The van der Waals surface area contributed by atoms with Crippen molar-refractivity contribution in [3.63, 3.8) is 0 Å². The summed E-state index contributed by atoms with van der Waals surface area (Å²) in [5.74, 6) is 3.10. The molecule has 102 valence electrons. The molecule has 0 aromatic heterocycles. The summed E-state index contributed by atoms with van der Waals surface area (Å²) >= 11 is 7.58. The molecular formula is C14H22ClNOS. The van der Waals surface area contributed by atoms with Crippen LogP contribution in [-0.4, -0.2) is 28.5 Å². The fraction of sp³-hybridized carbons (Fsp3) is 0.929. The van der Waals surface area contributed by atoms with Crippen LogP contribution in [0.2, 0.25) is 0 Å². The zero-order valence-corrected chi connectivity index (χ0v) is 13.0. The quantitative estimate of drug-likeness (QED) is 0.718. The van der Waals surface area contributed by atoms with E-state index in [-0.39, 0.29) is 11.6 Å². The lowest BCUT2D eigenvalue weighted by Gasteiger charge is -2.44. The van der Waals surface area contributed by atoms with Gasteiger partial charge in [0.1, 0.15) is 6.10 Å². The monoisotopic (exact) mass is 287 g/mol. The molecule has 1 heterocycles. The van der Waals surface area contributed by atoms with Gasteiger partial charge in [-0.15, -0.1) is 11.6 Å². The molecular weight excluding hydrogens is 266 g/mol. The summed E-state index contributed by atoms with van der Waals surface area (Å²) in [5, 5.41) is 0.878. The van der Waals surface area contributed by atoms with Crippen molar-refractivity contribution in [2.45, 2.75) is 51.7 Å². The molecule has 2 saturated carbocycles. The van der Waals surface area contributed by atoms with E-state index in [0.29, 0.717) is 11.3 Å². The zero-order chi connectivity index (χ0) is 13.0. The van der Waals surface area contributed by atoms with Crippen LogP contribution in [0.15, 0.2) is 4.99 Å².